The Labute approximate surface area is 86.8 Å². The van der Waals surface area contributed by atoms with Gasteiger partial charge in [0.25, 0.3) is 0 Å². The van der Waals surface area contributed by atoms with Crippen LogP contribution in [0.2, 0.25) is 0 Å². The van der Waals surface area contributed by atoms with Crippen molar-refractivity contribution >= 4 is 47.9 Å². The molecule has 1 aliphatic heterocycles. The molecule has 4 heteroatoms. The summed E-state index contributed by atoms with van der Waals surface area (Å²) in [6, 6.07) is 0. The smallest absolute Gasteiger partial charge is 0.0478 e. The van der Waals surface area contributed by atoms with Crippen LogP contribution in [-0.2, 0) is 0 Å². The van der Waals surface area contributed by atoms with Gasteiger partial charge in [0.05, 0.1) is 0 Å². The zero-order chi connectivity index (χ0) is 7.94. The quantitative estimate of drug-likeness (QED) is 0.562. The Balaban J connectivity index is 1.94. The van der Waals surface area contributed by atoms with Gasteiger partial charge in [0.15, 0.2) is 0 Å². The van der Waals surface area contributed by atoms with Crippen LogP contribution in [-0.4, -0.2) is 22.3 Å². The highest BCUT2D eigenvalue weighted by Gasteiger charge is 2.04. The lowest BCUT2D eigenvalue weighted by Crippen LogP contribution is -1.84. The van der Waals surface area contributed by atoms with Gasteiger partial charge in [0.1, 0.15) is 0 Å². The molecule has 1 heterocycles. The molecule has 0 aliphatic carbocycles. The van der Waals surface area contributed by atoms with Gasteiger partial charge < -0.3 is 0 Å². The SMILES string of the molecule is SCCCSCC1=CSCS1. The number of hydrogen-bond acceptors (Lipinski definition) is 4. The minimum Gasteiger partial charge on any atom is -0.179 e. The summed E-state index contributed by atoms with van der Waals surface area (Å²) in [5.41, 5.74) is 0. The van der Waals surface area contributed by atoms with Gasteiger partial charge in [-0.25, -0.2) is 0 Å². The molecule has 0 aromatic carbocycles. The molecule has 0 saturated heterocycles. The predicted octanol–water partition coefficient (Wildman–Crippen LogP) is 3.32. The van der Waals surface area contributed by atoms with Crippen molar-refractivity contribution in [2.75, 3.05) is 22.3 Å². The van der Waals surface area contributed by atoms with Gasteiger partial charge in [0.2, 0.25) is 0 Å². The molecule has 1 aliphatic rings. The van der Waals surface area contributed by atoms with Crippen LogP contribution in [0.3, 0.4) is 0 Å². The van der Waals surface area contributed by atoms with E-state index in [1.54, 1.807) is 4.91 Å². The van der Waals surface area contributed by atoms with E-state index in [2.05, 4.69) is 18.0 Å². The van der Waals surface area contributed by atoms with Gasteiger partial charge in [-0.3, -0.25) is 0 Å². The topological polar surface area (TPSA) is 0 Å². The van der Waals surface area contributed by atoms with E-state index in [-0.39, 0.29) is 0 Å². The zero-order valence-corrected chi connectivity index (χ0v) is 9.63. The fraction of sp³-hybridized carbons (Fsp3) is 0.714. The lowest BCUT2D eigenvalue weighted by molar-refractivity contribution is 1.13. The van der Waals surface area contributed by atoms with Crippen molar-refractivity contribution in [2.45, 2.75) is 6.42 Å². The van der Waals surface area contributed by atoms with E-state index in [1.807, 2.05) is 35.3 Å². The van der Waals surface area contributed by atoms with Crippen LogP contribution < -0.4 is 0 Å². The number of rotatable bonds is 5. The molecular weight excluding hydrogens is 212 g/mol. The van der Waals surface area contributed by atoms with Crippen LogP contribution in [0.1, 0.15) is 6.42 Å². The van der Waals surface area contributed by atoms with Gasteiger partial charge in [-0.05, 0) is 23.3 Å². The molecule has 0 radical (unpaired) electrons. The van der Waals surface area contributed by atoms with Gasteiger partial charge in [-0.15, -0.1) is 23.5 Å². The summed E-state index contributed by atoms with van der Waals surface area (Å²) in [5, 5.41) is 3.51. The molecule has 0 fully saturated rings. The summed E-state index contributed by atoms with van der Waals surface area (Å²) < 4.78 is 0. The first kappa shape index (κ1) is 10.2. The molecule has 1 rings (SSSR count). The Hall–Kier alpha value is 1.14. The van der Waals surface area contributed by atoms with E-state index < -0.39 is 0 Å². The molecule has 0 nitrogen and oxygen atoms in total. The van der Waals surface area contributed by atoms with Crippen LogP contribution in [0.4, 0.5) is 0 Å². The molecule has 0 spiro atoms. The highest BCUT2D eigenvalue weighted by Crippen LogP contribution is 2.33. The normalized spacial score (nSPS) is 17.0. The Kier molecular flexibility index (Phi) is 6.16. The highest BCUT2D eigenvalue weighted by atomic mass is 32.2. The van der Waals surface area contributed by atoms with Gasteiger partial charge >= 0.3 is 0 Å². The molecule has 0 bridgehead atoms. The Morgan fingerprint density at radius 3 is 3.18 bits per heavy atom. The second-order valence-electron chi connectivity index (χ2n) is 2.14. The minimum atomic E-state index is 1.02. The molecule has 0 aromatic rings. The Bertz CT molecular complexity index is 132. The van der Waals surface area contributed by atoms with Crippen LogP contribution in [0.5, 0.6) is 0 Å². The molecule has 11 heavy (non-hydrogen) atoms. The second kappa shape index (κ2) is 6.63. The predicted molar refractivity (Wildman–Crippen MR) is 63.9 cm³/mol. The Morgan fingerprint density at radius 2 is 2.55 bits per heavy atom. The van der Waals surface area contributed by atoms with Crippen molar-refractivity contribution in [1.82, 2.24) is 0 Å². The van der Waals surface area contributed by atoms with Gasteiger partial charge in [-0.1, -0.05) is 0 Å². The van der Waals surface area contributed by atoms with Crippen LogP contribution in [0.15, 0.2) is 10.3 Å². The summed E-state index contributed by atoms with van der Waals surface area (Å²) in [7, 11) is 0. The lowest BCUT2D eigenvalue weighted by Gasteiger charge is -1.99. The zero-order valence-electron chi connectivity index (χ0n) is 6.28. The third kappa shape index (κ3) is 4.65. The standard InChI is InChI=1S/C7H12S4/c8-2-1-3-9-4-7-5-10-6-11-7/h5,8H,1-4,6H2. The summed E-state index contributed by atoms with van der Waals surface area (Å²) in [6.45, 7) is 0. The summed E-state index contributed by atoms with van der Waals surface area (Å²) >= 11 is 10.1. The first-order chi connectivity index (χ1) is 5.43. The first-order valence-corrected chi connectivity index (χ1v) is 7.37. The average Bonchev–Trinajstić information content (AvgIpc) is 2.50. The van der Waals surface area contributed by atoms with E-state index in [0.29, 0.717) is 0 Å². The number of thiol groups is 1. The Morgan fingerprint density at radius 1 is 1.64 bits per heavy atom. The molecular formula is C7H12S4. The molecule has 0 atom stereocenters. The van der Waals surface area contributed by atoms with E-state index >= 15 is 0 Å². The van der Waals surface area contributed by atoms with E-state index in [4.69, 9.17) is 0 Å². The third-order valence-electron chi connectivity index (χ3n) is 1.22. The van der Waals surface area contributed by atoms with Crippen molar-refractivity contribution < 1.29 is 0 Å². The number of hydrogen-bond donors (Lipinski definition) is 1. The third-order valence-corrected chi connectivity index (χ3v) is 5.06. The van der Waals surface area contributed by atoms with E-state index in [1.165, 1.54) is 23.0 Å². The fourth-order valence-electron chi connectivity index (χ4n) is 0.686. The van der Waals surface area contributed by atoms with Crippen LogP contribution in [0, 0.1) is 0 Å². The lowest BCUT2D eigenvalue weighted by atomic mass is 10.6. The molecule has 0 N–H and O–H groups in total. The molecule has 0 unspecified atom stereocenters. The van der Waals surface area contributed by atoms with Gasteiger partial charge in [0, 0.05) is 15.7 Å². The molecule has 0 aromatic heterocycles. The second-order valence-corrected chi connectivity index (χ2v) is 6.02. The van der Waals surface area contributed by atoms with Crippen molar-refractivity contribution in [2.24, 2.45) is 0 Å². The van der Waals surface area contributed by atoms with Crippen LogP contribution in [0.25, 0.3) is 0 Å². The van der Waals surface area contributed by atoms with E-state index in [9.17, 15) is 0 Å². The largest absolute Gasteiger partial charge is 0.179 e. The maximum atomic E-state index is 4.17. The summed E-state index contributed by atoms with van der Waals surface area (Å²) in [6.07, 6.45) is 1.23. The maximum absolute atomic E-state index is 4.17. The molecule has 0 saturated carbocycles. The fourth-order valence-corrected chi connectivity index (χ4v) is 4.42. The van der Waals surface area contributed by atoms with Crippen molar-refractivity contribution in [3.05, 3.63) is 10.3 Å². The van der Waals surface area contributed by atoms with Gasteiger partial charge in [-0.2, -0.15) is 24.4 Å². The maximum Gasteiger partial charge on any atom is 0.0478 e. The molecule has 0 amide bonds. The van der Waals surface area contributed by atoms with Crippen molar-refractivity contribution in [3.63, 3.8) is 0 Å². The summed E-state index contributed by atoms with van der Waals surface area (Å²) in [5.74, 6) is 3.49. The number of thioether (sulfide) groups is 3. The first-order valence-electron chi connectivity index (χ1n) is 3.55. The minimum absolute atomic E-state index is 1.02. The van der Waals surface area contributed by atoms with E-state index in [0.717, 1.165) is 5.75 Å². The van der Waals surface area contributed by atoms with Crippen molar-refractivity contribution in [3.8, 4) is 0 Å². The summed E-state index contributed by atoms with van der Waals surface area (Å²) in [4.78, 5) is 1.55. The average molecular weight is 224 g/mol. The molecule has 64 valence electrons. The highest BCUT2D eigenvalue weighted by molar-refractivity contribution is 8.22. The van der Waals surface area contributed by atoms with Crippen molar-refractivity contribution in [1.29, 1.82) is 0 Å². The monoisotopic (exact) mass is 224 g/mol. The van der Waals surface area contributed by atoms with Crippen LogP contribution >= 0.6 is 47.9 Å².